The summed E-state index contributed by atoms with van der Waals surface area (Å²) in [5, 5.41) is 8.73. The number of nitrogens with zero attached hydrogens (tertiary/aromatic N) is 1. The third-order valence-corrected chi connectivity index (χ3v) is 2.96. The zero-order valence-corrected chi connectivity index (χ0v) is 11.7. The lowest BCUT2D eigenvalue weighted by molar-refractivity contribution is -0.130. The van der Waals surface area contributed by atoms with Crippen molar-refractivity contribution in [2.75, 3.05) is 34.4 Å². The monoisotopic (exact) mass is 267 g/mol. The van der Waals surface area contributed by atoms with Gasteiger partial charge in [0.05, 0.1) is 20.8 Å². The second-order valence-electron chi connectivity index (χ2n) is 4.22. The number of benzene rings is 1. The van der Waals surface area contributed by atoms with E-state index in [0.29, 0.717) is 13.0 Å². The highest BCUT2D eigenvalue weighted by molar-refractivity contribution is 5.75. The Bertz CT molecular complexity index is 420. The van der Waals surface area contributed by atoms with Gasteiger partial charge in [-0.15, -0.1) is 0 Å². The van der Waals surface area contributed by atoms with Crippen molar-refractivity contribution < 1.29 is 19.4 Å². The third kappa shape index (κ3) is 4.44. The van der Waals surface area contributed by atoms with Crippen LogP contribution in [0.3, 0.4) is 0 Å². The van der Waals surface area contributed by atoms with Crippen molar-refractivity contribution in [1.82, 2.24) is 4.90 Å². The molecule has 106 valence electrons. The van der Waals surface area contributed by atoms with Gasteiger partial charge in [-0.1, -0.05) is 6.07 Å². The van der Waals surface area contributed by atoms with Crippen LogP contribution in [-0.2, 0) is 11.2 Å². The maximum atomic E-state index is 11.5. The Labute approximate surface area is 113 Å². The van der Waals surface area contributed by atoms with Gasteiger partial charge in [-0.05, 0) is 18.1 Å². The molecule has 0 saturated heterocycles. The number of carbonyl (C=O) groups excluding carboxylic acids is 1. The number of rotatable bonds is 7. The van der Waals surface area contributed by atoms with Gasteiger partial charge in [0, 0.05) is 26.1 Å². The molecule has 0 bridgehead atoms. The number of ether oxygens (including phenoxy) is 2. The van der Waals surface area contributed by atoms with Crippen LogP contribution in [0.25, 0.3) is 0 Å². The van der Waals surface area contributed by atoms with Gasteiger partial charge in [0.2, 0.25) is 5.91 Å². The average molecular weight is 267 g/mol. The maximum absolute atomic E-state index is 11.5. The quantitative estimate of drug-likeness (QED) is 0.803. The lowest BCUT2D eigenvalue weighted by Gasteiger charge is -2.17. The SMILES string of the molecule is COc1ccc(CCN(C)C(=O)CCO)c(OC)c1. The molecule has 19 heavy (non-hydrogen) atoms. The zero-order chi connectivity index (χ0) is 14.3. The molecule has 0 aliphatic rings. The highest BCUT2D eigenvalue weighted by Gasteiger charge is 2.10. The van der Waals surface area contributed by atoms with Crippen LogP contribution in [0.15, 0.2) is 18.2 Å². The van der Waals surface area contributed by atoms with Gasteiger partial charge in [0.1, 0.15) is 11.5 Å². The number of carbonyl (C=O) groups is 1. The summed E-state index contributed by atoms with van der Waals surface area (Å²) in [5.41, 5.74) is 1.02. The van der Waals surface area contributed by atoms with Crippen LogP contribution >= 0.6 is 0 Å². The van der Waals surface area contributed by atoms with Crippen molar-refractivity contribution in [2.24, 2.45) is 0 Å². The van der Waals surface area contributed by atoms with Gasteiger partial charge >= 0.3 is 0 Å². The molecule has 0 fully saturated rings. The van der Waals surface area contributed by atoms with Gasteiger partial charge in [-0.2, -0.15) is 0 Å². The molecular formula is C14H21NO4. The Balaban J connectivity index is 2.64. The summed E-state index contributed by atoms with van der Waals surface area (Å²) in [7, 11) is 4.95. The Morgan fingerprint density at radius 3 is 2.63 bits per heavy atom. The first-order valence-electron chi connectivity index (χ1n) is 6.18. The zero-order valence-electron chi connectivity index (χ0n) is 11.7. The average Bonchev–Trinajstić information content (AvgIpc) is 2.44. The minimum atomic E-state index is -0.116. The highest BCUT2D eigenvalue weighted by atomic mass is 16.5. The summed E-state index contributed by atoms with van der Waals surface area (Å²) in [6.07, 6.45) is 0.858. The maximum Gasteiger partial charge on any atom is 0.224 e. The lowest BCUT2D eigenvalue weighted by atomic mass is 10.1. The van der Waals surface area contributed by atoms with E-state index in [1.165, 1.54) is 0 Å². The molecule has 0 unspecified atom stereocenters. The molecule has 0 aliphatic carbocycles. The van der Waals surface area contributed by atoms with E-state index in [1.54, 1.807) is 26.2 Å². The fraction of sp³-hybridized carbons (Fsp3) is 0.500. The van der Waals surface area contributed by atoms with Crippen molar-refractivity contribution in [1.29, 1.82) is 0 Å². The number of amides is 1. The van der Waals surface area contributed by atoms with Crippen molar-refractivity contribution in [2.45, 2.75) is 12.8 Å². The van der Waals surface area contributed by atoms with Crippen molar-refractivity contribution in [3.63, 3.8) is 0 Å². The molecule has 0 saturated carbocycles. The Morgan fingerprint density at radius 2 is 2.05 bits per heavy atom. The Kier molecular flexibility index (Phi) is 6.15. The van der Waals surface area contributed by atoms with Crippen LogP contribution < -0.4 is 9.47 Å². The molecule has 0 radical (unpaired) electrons. The number of aliphatic hydroxyl groups excluding tert-OH is 1. The van der Waals surface area contributed by atoms with Gasteiger partial charge in [0.15, 0.2) is 0 Å². The first-order chi connectivity index (χ1) is 9.12. The summed E-state index contributed by atoms with van der Waals surface area (Å²) >= 11 is 0. The fourth-order valence-corrected chi connectivity index (χ4v) is 1.76. The summed E-state index contributed by atoms with van der Waals surface area (Å²) in [5.74, 6) is 1.43. The number of hydrogen-bond acceptors (Lipinski definition) is 4. The van der Waals surface area contributed by atoms with E-state index in [-0.39, 0.29) is 18.9 Å². The summed E-state index contributed by atoms with van der Waals surface area (Å²) in [6.45, 7) is 0.469. The molecule has 5 heteroatoms. The molecule has 1 aromatic carbocycles. The first kappa shape index (κ1) is 15.3. The van der Waals surface area contributed by atoms with Crippen molar-refractivity contribution in [3.8, 4) is 11.5 Å². The van der Waals surface area contributed by atoms with Crippen molar-refractivity contribution in [3.05, 3.63) is 23.8 Å². The predicted octanol–water partition coefficient (Wildman–Crippen LogP) is 1.09. The van der Waals surface area contributed by atoms with Gasteiger partial charge in [-0.25, -0.2) is 0 Å². The second-order valence-corrected chi connectivity index (χ2v) is 4.22. The first-order valence-corrected chi connectivity index (χ1v) is 6.18. The standard InChI is InChI=1S/C14H21NO4/c1-15(14(17)7-9-16)8-6-11-4-5-12(18-2)10-13(11)19-3/h4-5,10,16H,6-9H2,1-3H3. The molecular weight excluding hydrogens is 246 g/mol. The highest BCUT2D eigenvalue weighted by Crippen LogP contribution is 2.24. The minimum absolute atomic E-state index is 0.0602. The Morgan fingerprint density at radius 1 is 1.32 bits per heavy atom. The van der Waals surface area contributed by atoms with Gasteiger partial charge < -0.3 is 19.5 Å². The smallest absolute Gasteiger partial charge is 0.224 e. The normalized spacial score (nSPS) is 10.1. The molecule has 0 spiro atoms. The summed E-state index contributed by atoms with van der Waals surface area (Å²) in [6, 6.07) is 5.63. The molecule has 5 nitrogen and oxygen atoms in total. The van der Waals surface area contributed by atoms with Crippen LogP contribution in [0.5, 0.6) is 11.5 Å². The molecule has 0 aliphatic heterocycles. The molecule has 1 rings (SSSR count). The van der Waals surface area contributed by atoms with Crippen LogP contribution in [0.2, 0.25) is 0 Å². The Hall–Kier alpha value is -1.75. The minimum Gasteiger partial charge on any atom is -0.497 e. The van der Waals surface area contributed by atoms with E-state index in [0.717, 1.165) is 17.1 Å². The van der Waals surface area contributed by atoms with E-state index in [4.69, 9.17) is 14.6 Å². The van der Waals surface area contributed by atoms with E-state index in [9.17, 15) is 4.79 Å². The van der Waals surface area contributed by atoms with Crippen LogP contribution in [0.1, 0.15) is 12.0 Å². The van der Waals surface area contributed by atoms with Crippen LogP contribution in [-0.4, -0.2) is 50.3 Å². The van der Waals surface area contributed by atoms with Crippen LogP contribution in [0, 0.1) is 0 Å². The van der Waals surface area contributed by atoms with E-state index >= 15 is 0 Å². The van der Waals surface area contributed by atoms with Crippen LogP contribution in [0.4, 0.5) is 0 Å². The second kappa shape index (κ2) is 7.63. The third-order valence-electron chi connectivity index (χ3n) is 2.96. The molecule has 0 aromatic heterocycles. The van der Waals surface area contributed by atoms with E-state index < -0.39 is 0 Å². The molecule has 0 atom stereocenters. The molecule has 1 amide bonds. The predicted molar refractivity (Wildman–Crippen MR) is 72.6 cm³/mol. The number of hydrogen-bond donors (Lipinski definition) is 1. The number of aliphatic hydroxyl groups is 1. The summed E-state index contributed by atoms with van der Waals surface area (Å²) < 4.78 is 10.4. The van der Waals surface area contributed by atoms with E-state index in [2.05, 4.69) is 0 Å². The number of likely N-dealkylation sites (N-methyl/N-ethyl adjacent to an activating group) is 1. The molecule has 0 heterocycles. The number of methoxy groups -OCH3 is 2. The lowest BCUT2D eigenvalue weighted by Crippen LogP contribution is -2.29. The van der Waals surface area contributed by atoms with Crippen molar-refractivity contribution >= 4 is 5.91 Å². The van der Waals surface area contributed by atoms with Gasteiger partial charge in [-0.3, -0.25) is 4.79 Å². The topological polar surface area (TPSA) is 59.0 Å². The summed E-state index contributed by atoms with van der Waals surface area (Å²) in [4.78, 5) is 13.1. The fourth-order valence-electron chi connectivity index (χ4n) is 1.76. The molecule has 1 aromatic rings. The largest absolute Gasteiger partial charge is 0.497 e. The van der Waals surface area contributed by atoms with Gasteiger partial charge in [0.25, 0.3) is 0 Å². The molecule has 1 N–H and O–H groups in total. The van der Waals surface area contributed by atoms with E-state index in [1.807, 2.05) is 18.2 Å².